The van der Waals surface area contributed by atoms with Crippen LogP contribution < -0.4 is 5.73 Å². The first kappa shape index (κ1) is 14.0. The number of nitrogens with two attached hydrogens (primary N) is 1. The summed E-state index contributed by atoms with van der Waals surface area (Å²) in [6.07, 6.45) is 1.58. The van der Waals surface area contributed by atoms with Gasteiger partial charge in [0.15, 0.2) is 0 Å². The number of hydrogen-bond acceptors (Lipinski definition) is 2. The van der Waals surface area contributed by atoms with E-state index in [4.69, 9.17) is 22.7 Å². The lowest BCUT2D eigenvalue weighted by molar-refractivity contribution is 0.232. The first-order valence-electron chi connectivity index (χ1n) is 5.81. The Morgan fingerprint density at radius 1 is 1.47 bits per heavy atom. The fraction of sp³-hybridized carbons (Fsp3) is 0.462. The summed E-state index contributed by atoms with van der Waals surface area (Å²) < 4.78 is 0. The monoisotopic (exact) mass is 253 g/mol. The van der Waals surface area contributed by atoms with Crippen LogP contribution in [0.5, 0.6) is 0 Å². The Labute approximate surface area is 108 Å². The van der Waals surface area contributed by atoms with Crippen LogP contribution in [0, 0.1) is 5.41 Å². The number of benzene rings is 1. The van der Waals surface area contributed by atoms with E-state index in [1.54, 1.807) is 0 Å². The number of nitrogens with zero attached hydrogens (tertiary/aromatic N) is 1. The maximum Gasteiger partial charge on any atom is 0.0921 e. The molecule has 0 radical (unpaired) electrons. The third kappa shape index (κ3) is 4.36. The molecule has 0 aliphatic carbocycles. The Kier molecular flexibility index (Phi) is 5.45. The summed E-state index contributed by atoms with van der Waals surface area (Å²) in [5, 5.41) is 8.16. The van der Waals surface area contributed by atoms with Crippen LogP contribution in [0.15, 0.2) is 24.3 Å². The van der Waals surface area contributed by atoms with Crippen LogP contribution in [0.3, 0.4) is 0 Å². The zero-order valence-corrected chi connectivity index (χ0v) is 11.2. The van der Waals surface area contributed by atoms with Crippen molar-refractivity contribution >= 4 is 17.4 Å². The second-order valence-corrected chi connectivity index (χ2v) is 4.71. The lowest BCUT2D eigenvalue weighted by atomic mass is 10.1. The Bertz CT molecular complexity index is 379. The molecular formula is C13H20ClN3. The SMILES string of the molecule is CCC(CC(=N)N)N(C)Cc1ccccc1Cl. The van der Waals surface area contributed by atoms with E-state index >= 15 is 0 Å². The zero-order valence-electron chi connectivity index (χ0n) is 10.4. The molecule has 1 rings (SSSR count). The van der Waals surface area contributed by atoms with Crippen LogP contribution in [0.1, 0.15) is 25.3 Å². The third-order valence-electron chi connectivity index (χ3n) is 2.93. The highest BCUT2D eigenvalue weighted by Gasteiger charge is 2.14. The molecule has 0 aliphatic heterocycles. The molecule has 0 bridgehead atoms. The predicted octanol–water partition coefficient (Wildman–Crippen LogP) is 2.88. The molecule has 1 aromatic carbocycles. The standard InChI is InChI=1S/C13H20ClN3/c1-3-11(8-13(15)16)17(2)9-10-6-4-5-7-12(10)14/h4-7,11H,3,8-9H2,1-2H3,(H3,15,16). The molecule has 1 atom stereocenters. The average molecular weight is 254 g/mol. The molecule has 0 saturated carbocycles. The summed E-state index contributed by atoms with van der Waals surface area (Å²) in [7, 11) is 2.04. The number of halogens is 1. The fourth-order valence-electron chi connectivity index (χ4n) is 1.89. The largest absolute Gasteiger partial charge is 0.388 e. The lowest BCUT2D eigenvalue weighted by Crippen LogP contribution is -2.34. The highest BCUT2D eigenvalue weighted by molar-refractivity contribution is 6.31. The van der Waals surface area contributed by atoms with Gasteiger partial charge in [-0.2, -0.15) is 0 Å². The average Bonchev–Trinajstić information content (AvgIpc) is 2.28. The Balaban J connectivity index is 2.67. The van der Waals surface area contributed by atoms with Crippen LogP contribution in [0.2, 0.25) is 5.02 Å². The lowest BCUT2D eigenvalue weighted by Gasteiger charge is -2.27. The van der Waals surface area contributed by atoms with Crippen LogP contribution in [-0.2, 0) is 6.54 Å². The number of amidine groups is 1. The van der Waals surface area contributed by atoms with Gasteiger partial charge >= 0.3 is 0 Å². The summed E-state index contributed by atoms with van der Waals surface area (Å²) in [6, 6.07) is 8.14. The molecule has 94 valence electrons. The Morgan fingerprint density at radius 3 is 2.65 bits per heavy atom. The molecule has 0 saturated heterocycles. The van der Waals surface area contributed by atoms with E-state index in [2.05, 4.69) is 11.8 Å². The first-order chi connectivity index (χ1) is 8.04. The highest BCUT2D eigenvalue weighted by Crippen LogP contribution is 2.18. The molecule has 0 spiro atoms. The van der Waals surface area contributed by atoms with Crippen molar-refractivity contribution in [2.24, 2.45) is 5.73 Å². The summed E-state index contributed by atoms with van der Waals surface area (Å²) in [6.45, 7) is 2.89. The van der Waals surface area contributed by atoms with Crippen LogP contribution >= 0.6 is 11.6 Å². The van der Waals surface area contributed by atoms with Gasteiger partial charge in [-0.1, -0.05) is 36.7 Å². The number of hydrogen-bond donors (Lipinski definition) is 2. The minimum Gasteiger partial charge on any atom is -0.388 e. The molecule has 0 heterocycles. The van der Waals surface area contributed by atoms with E-state index in [0.29, 0.717) is 12.5 Å². The van der Waals surface area contributed by atoms with Crippen molar-refractivity contribution < 1.29 is 0 Å². The minimum atomic E-state index is 0.239. The molecule has 17 heavy (non-hydrogen) atoms. The van der Waals surface area contributed by atoms with Gasteiger partial charge in [-0.3, -0.25) is 10.3 Å². The third-order valence-corrected chi connectivity index (χ3v) is 3.30. The van der Waals surface area contributed by atoms with Crippen molar-refractivity contribution in [1.82, 2.24) is 4.90 Å². The first-order valence-corrected chi connectivity index (χ1v) is 6.19. The van der Waals surface area contributed by atoms with E-state index in [1.807, 2.05) is 31.3 Å². The number of rotatable bonds is 6. The second kappa shape index (κ2) is 6.62. The van der Waals surface area contributed by atoms with Gasteiger partial charge in [-0.05, 0) is 25.1 Å². The van der Waals surface area contributed by atoms with Gasteiger partial charge in [0.05, 0.1) is 5.84 Å². The smallest absolute Gasteiger partial charge is 0.0921 e. The quantitative estimate of drug-likeness (QED) is 0.605. The van der Waals surface area contributed by atoms with Crippen LogP contribution in [0.4, 0.5) is 0 Å². The Hall–Kier alpha value is -1.06. The molecule has 0 aromatic heterocycles. The normalized spacial score (nSPS) is 12.7. The van der Waals surface area contributed by atoms with Crippen molar-refractivity contribution in [3.8, 4) is 0 Å². The number of nitrogens with one attached hydrogen (secondary N) is 1. The molecule has 0 aliphatic rings. The maximum atomic E-state index is 7.37. The molecule has 0 fully saturated rings. The molecule has 4 heteroatoms. The van der Waals surface area contributed by atoms with Gasteiger partial charge in [-0.15, -0.1) is 0 Å². The predicted molar refractivity (Wildman–Crippen MR) is 73.5 cm³/mol. The van der Waals surface area contributed by atoms with Crippen molar-refractivity contribution in [3.63, 3.8) is 0 Å². The van der Waals surface area contributed by atoms with Crippen molar-refractivity contribution in [3.05, 3.63) is 34.9 Å². The van der Waals surface area contributed by atoms with Gasteiger partial charge in [0.1, 0.15) is 0 Å². The van der Waals surface area contributed by atoms with E-state index in [0.717, 1.165) is 23.6 Å². The summed E-state index contributed by atoms with van der Waals surface area (Å²) in [5.74, 6) is 0.239. The molecule has 3 nitrogen and oxygen atoms in total. The maximum absolute atomic E-state index is 7.37. The van der Waals surface area contributed by atoms with Crippen molar-refractivity contribution in [2.45, 2.75) is 32.4 Å². The van der Waals surface area contributed by atoms with Gasteiger partial charge in [0.25, 0.3) is 0 Å². The van der Waals surface area contributed by atoms with Crippen LogP contribution in [-0.4, -0.2) is 23.8 Å². The van der Waals surface area contributed by atoms with Gasteiger partial charge in [0, 0.05) is 24.0 Å². The topological polar surface area (TPSA) is 53.1 Å². The van der Waals surface area contributed by atoms with Gasteiger partial charge in [-0.25, -0.2) is 0 Å². The molecule has 3 N–H and O–H groups in total. The zero-order chi connectivity index (χ0) is 12.8. The second-order valence-electron chi connectivity index (χ2n) is 4.30. The molecule has 1 unspecified atom stereocenters. The summed E-state index contributed by atoms with van der Waals surface area (Å²) >= 11 is 6.13. The Morgan fingerprint density at radius 2 is 2.12 bits per heavy atom. The summed E-state index contributed by atoms with van der Waals surface area (Å²) in [5.41, 5.74) is 6.57. The fourth-order valence-corrected chi connectivity index (χ4v) is 2.09. The molecule has 1 aromatic rings. The molecule has 0 amide bonds. The van der Waals surface area contributed by atoms with Crippen molar-refractivity contribution in [1.29, 1.82) is 5.41 Å². The highest BCUT2D eigenvalue weighted by atomic mass is 35.5. The molecular weight excluding hydrogens is 234 g/mol. The van der Waals surface area contributed by atoms with Gasteiger partial charge < -0.3 is 5.73 Å². The van der Waals surface area contributed by atoms with Crippen LogP contribution in [0.25, 0.3) is 0 Å². The summed E-state index contributed by atoms with van der Waals surface area (Å²) in [4.78, 5) is 2.20. The van der Waals surface area contributed by atoms with E-state index < -0.39 is 0 Å². The van der Waals surface area contributed by atoms with E-state index in [9.17, 15) is 0 Å². The van der Waals surface area contributed by atoms with E-state index in [-0.39, 0.29) is 5.84 Å². The minimum absolute atomic E-state index is 0.239. The van der Waals surface area contributed by atoms with E-state index in [1.165, 1.54) is 0 Å². The van der Waals surface area contributed by atoms with Gasteiger partial charge in [0.2, 0.25) is 0 Å². The van der Waals surface area contributed by atoms with Crippen molar-refractivity contribution in [2.75, 3.05) is 7.05 Å².